The smallest absolute Gasteiger partial charge is 0.246 e. The summed E-state index contributed by atoms with van der Waals surface area (Å²) in [7, 11) is 0. The number of aliphatic hydroxyl groups is 1. The number of nitrogens with zero attached hydrogens (tertiary/aromatic N) is 2. The van der Waals surface area contributed by atoms with Gasteiger partial charge in [0.15, 0.2) is 0 Å². The molecule has 13 heteroatoms. The molecule has 1 aliphatic rings. The molecule has 1 aromatic heterocycles. The highest BCUT2D eigenvalue weighted by Crippen LogP contribution is 2.30. The highest BCUT2D eigenvalue weighted by Gasteiger charge is 2.44. The number of β-amino-alcohol motifs (C(OH)–C–C–N with tert-alkyl or cyclic N) is 1. The van der Waals surface area contributed by atoms with Crippen molar-refractivity contribution in [2.45, 2.75) is 129 Å². The van der Waals surface area contributed by atoms with Crippen LogP contribution in [0.4, 0.5) is 0 Å². The van der Waals surface area contributed by atoms with Crippen LogP contribution < -0.4 is 22.1 Å². The van der Waals surface area contributed by atoms with Crippen LogP contribution in [-0.4, -0.2) is 75.5 Å². The lowest BCUT2D eigenvalue weighted by molar-refractivity contribution is -0.144. The second-order valence-corrected chi connectivity index (χ2v) is 16.4. The number of benzene rings is 2. The molecule has 2 aromatic carbocycles. The Labute approximate surface area is 323 Å². The first kappa shape index (κ1) is 42.6. The molecular formula is C41H58N6O6S. The van der Waals surface area contributed by atoms with E-state index >= 15 is 0 Å². The van der Waals surface area contributed by atoms with Crippen LogP contribution in [0, 0.1) is 12.3 Å². The van der Waals surface area contributed by atoms with Crippen LogP contribution in [0.1, 0.15) is 102 Å². The van der Waals surface area contributed by atoms with Crippen molar-refractivity contribution < 1.29 is 29.0 Å². The SMILES string of the molecule is Cc1ncsc1-c1ccc([C@H](C)NC(=O)[C@@H]2C[C@H](O)CN2C(=O)[C@@H](NC(=O)CCCCc2ccc(CO[C@H](C)C(N)CCC(N)=O)cc2)C(C)(C)C)cc1. The first-order chi connectivity index (χ1) is 25.5. The summed E-state index contributed by atoms with van der Waals surface area (Å²) in [5.74, 6) is -1.33. The summed E-state index contributed by atoms with van der Waals surface area (Å²) < 4.78 is 5.88. The van der Waals surface area contributed by atoms with Crippen molar-refractivity contribution in [1.29, 1.82) is 0 Å². The second-order valence-electron chi connectivity index (χ2n) is 15.6. The number of primary amides is 1. The zero-order valence-corrected chi connectivity index (χ0v) is 33.3. The van der Waals surface area contributed by atoms with E-state index in [9.17, 15) is 24.3 Å². The topological polar surface area (TPSA) is 190 Å². The number of nitrogens with two attached hydrogens (primary N) is 2. The number of carbonyl (C=O) groups is 4. The lowest BCUT2D eigenvalue weighted by atomic mass is 9.85. The fraction of sp³-hybridized carbons (Fsp3) is 0.537. The molecule has 0 saturated carbocycles. The average Bonchev–Trinajstić information content (AvgIpc) is 3.75. The third-order valence-corrected chi connectivity index (χ3v) is 11.0. The number of rotatable bonds is 18. The van der Waals surface area contributed by atoms with E-state index in [0.29, 0.717) is 19.4 Å². The number of likely N-dealkylation sites (tertiary alicyclic amines) is 1. The van der Waals surface area contributed by atoms with E-state index in [1.54, 1.807) is 11.3 Å². The van der Waals surface area contributed by atoms with Crippen molar-refractivity contribution >= 4 is 35.0 Å². The van der Waals surface area contributed by atoms with Gasteiger partial charge in [-0.05, 0) is 74.1 Å². The van der Waals surface area contributed by atoms with E-state index in [4.69, 9.17) is 16.2 Å². The summed E-state index contributed by atoms with van der Waals surface area (Å²) in [5.41, 5.74) is 17.6. The number of aromatic nitrogens is 1. The van der Waals surface area contributed by atoms with Crippen LogP contribution in [0.3, 0.4) is 0 Å². The van der Waals surface area contributed by atoms with Gasteiger partial charge in [-0.3, -0.25) is 19.2 Å². The molecule has 1 unspecified atom stereocenters. The Bertz CT molecular complexity index is 1710. The maximum Gasteiger partial charge on any atom is 0.246 e. The van der Waals surface area contributed by atoms with Crippen LogP contribution >= 0.6 is 11.3 Å². The third kappa shape index (κ3) is 12.2. The molecule has 54 heavy (non-hydrogen) atoms. The van der Waals surface area contributed by atoms with E-state index < -0.39 is 23.6 Å². The van der Waals surface area contributed by atoms with E-state index in [1.807, 2.05) is 95.6 Å². The first-order valence-electron chi connectivity index (χ1n) is 18.9. The third-order valence-electron chi connectivity index (χ3n) is 10.0. The van der Waals surface area contributed by atoms with Crippen LogP contribution in [0.5, 0.6) is 0 Å². The monoisotopic (exact) mass is 762 g/mol. The lowest BCUT2D eigenvalue weighted by Crippen LogP contribution is -2.57. The Morgan fingerprint density at radius 1 is 1.00 bits per heavy atom. The minimum Gasteiger partial charge on any atom is -0.391 e. The number of nitrogens with one attached hydrogen (secondary N) is 2. The lowest BCUT2D eigenvalue weighted by Gasteiger charge is -2.35. The van der Waals surface area contributed by atoms with Gasteiger partial charge in [-0.25, -0.2) is 4.98 Å². The number of hydrogen-bond donors (Lipinski definition) is 5. The molecule has 12 nitrogen and oxygen atoms in total. The van der Waals surface area contributed by atoms with Crippen molar-refractivity contribution in [3.05, 3.63) is 76.4 Å². The first-order valence-corrected chi connectivity index (χ1v) is 19.7. The molecule has 0 radical (unpaired) electrons. The van der Waals surface area contributed by atoms with Crippen molar-refractivity contribution in [2.24, 2.45) is 16.9 Å². The van der Waals surface area contributed by atoms with Crippen LogP contribution in [-0.2, 0) is 36.9 Å². The maximum absolute atomic E-state index is 14.0. The molecule has 1 aliphatic heterocycles. The summed E-state index contributed by atoms with van der Waals surface area (Å²) in [6.07, 6.45) is 2.25. The van der Waals surface area contributed by atoms with Gasteiger partial charge in [-0.15, -0.1) is 11.3 Å². The summed E-state index contributed by atoms with van der Waals surface area (Å²) in [6.45, 7) is 11.8. The average molecular weight is 763 g/mol. The Kier molecular flexibility index (Phi) is 15.3. The Hall–Kier alpha value is -4.17. The Morgan fingerprint density at radius 2 is 1.67 bits per heavy atom. The van der Waals surface area contributed by atoms with Crippen molar-refractivity contribution in [3.63, 3.8) is 0 Å². The fourth-order valence-electron chi connectivity index (χ4n) is 6.56. The predicted octanol–water partition coefficient (Wildman–Crippen LogP) is 4.70. The maximum atomic E-state index is 14.0. The summed E-state index contributed by atoms with van der Waals surface area (Å²) >= 11 is 1.58. The quantitative estimate of drug-likeness (QED) is 0.115. The highest BCUT2D eigenvalue weighted by atomic mass is 32.1. The number of amides is 4. The summed E-state index contributed by atoms with van der Waals surface area (Å²) in [4.78, 5) is 58.6. The molecule has 4 rings (SSSR count). The van der Waals surface area contributed by atoms with Crippen molar-refractivity contribution in [3.8, 4) is 10.4 Å². The van der Waals surface area contributed by atoms with Gasteiger partial charge < -0.3 is 36.8 Å². The van der Waals surface area contributed by atoms with Gasteiger partial charge >= 0.3 is 0 Å². The molecule has 1 saturated heterocycles. The molecule has 1 fully saturated rings. The fourth-order valence-corrected chi connectivity index (χ4v) is 7.37. The van der Waals surface area contributed by atoms with Gasteiger partial charge in [-0.1, -0.05) is 69.3 Å². The van der Waals surface area contributed by atoms with Gasteiger partial charge in [0.2, 0.25) is 23.6 Å². The molecule has 2 heterocycles. The molecule has 7 N–H and O–H groups in total. The Balaban J connectivity index is 1.25. The molecule has 3 aromatic rings. The number of hydrogen-bond acceptors (Lipinski definition) is 9. The highest BCUT2D eigenvalue weighted by molar-refractivity contribution is 7.13. The van der Waals surface area contributed by atoms with Crippen LogP contribution in [0.2, 0.25) is 0 Å². The van der Waals surface area contributed by atoms with Gasteiger partial charge in [0.1, 0.15) is 12.1 Å². The van der Waals surface area contributed by atoms with Crippen LogP contribution in [0.15, 0.2) is 54.0 Å². The summed E-state index contributed by atoms with van der Waals surface area (Å²) in [5, 5.41) is 16.6. The molecule has 0 bridgehead atoms. The molecule has 4 amide bonds. The minimum atomic E-state index is -0.874. The minimum absolute atomic E-state index is 0.0189. The van der Waals surface area contributed by atoms with Gasteiger partial charge in [-0.2, -0.15) is 0 Å². The van der Waals surface area contributed by atoms with E-state index in [-0.39, 0.29) is 67.6 Å². The number of carbonyl (C=O) groups excluding carboxylic acids is 4. The standard InChI is InChI=1S/C41H58N6O6S/c1-25(30-15-17-31(18-16-30)37-26(2)44-24-54-37)45-39(51)34-21-32(48)22-47(34)40(52)38(41(4,5)6)46-36(50)10-8-7-9-28-11-13-29(14-12-28)23-53-27(3)33(42)19-20-35(43)49/h11-18,24-25,27,32-34,38,48H,7-10,19-23,42H2,1-6H3,(H2,43,49)(H,45,51)(H,46,50)/t25-,27+,32-,33?,34-,38+/m0/s1. The predicted molar refractivity (Wildman–Crippen MR) is 211 cm³/mol. The zero-order valence-electron chi connectivity index (χ0n) is 32.5. The van der Waals surface area contributed by atoms with E-state index in [2.05, 4.69) is 15.6 Å². The normalized spacial score (nSPS) is 18.1. The van der Waals surface area contributed by atoms with Gasteiger partial charge in [0.05, 0.1) is 40.9 Å². The summed E-state index contributed by atoms with van der Waals surface area (Å²) in [6, 6.07) is 13.7. The number of aryl methyl sites for hydroxylation is 2. The van der Waals surface area contributed by atoms with Gasteiger partial charge in [0.25, 0.3) is 0 Å². The number of unbranched alkanes of at least 4 members (excludes halogenated alkanes) is 1. The van der Waals surface area contributed by atoms with E-state index in [1.165, 1.54) is 4.90 Å². The molecule has 294 valence electrons. The number of thiazole rings is 1. The second kappa shape index (κ2) is 19.4. The van der Waals surface area contributed by atoms with E-state index in [0.717, 1.165) is 45.7 Å². The molecule has 0 aliphatic carbocycles. The Morgan fingerprint density at radius 3 is 2.28 bits per heavy atom. The molecule has 0 spiro atoms. The molecular weight excluding hydrogens is 705 g/mol. The molecule has 6 atom stereocenters. The van der Waals surface area contributed by atoms with Crippen molar-refractivity contribution in [2.75, 3.05) is 6.54 Å². The van der Waals surface area contributed by atoms with Crippen molar-refractivity contribution in [1.82, 2.24) is 20.5 Å². The van der Waals surface area contributed by atoms with Crippen LogP contribution in [0.25, 0.3) is 10.4 Å². The zero-order chi connectivity index (χ0) is 39.6. The number of ether oxygens (including phenoxy) is 1. The van der Waals surface area contributed by atoms with Gasteiger partial charge in [0, 0.05) is 31.8 Å². The largest absolute Gasteiger partial charge is 0.391 e. The number of aliphatic hydroxyl groups excluding tert-OH is 1.